The number of morpholine rings is 1. The fourth-order valence-corrected chi connectivity index (χ4v) is 2.12. The van der Waals surface area contributed by atoms with Crippen LogP contribution in [0.25, 0.3) is 0 Å². The Morgan fingerprint density at radius 1 is 1.19 bits per heavy atom. The van der Waals surface area contributed by atoms with Crippen molar-refractivity contribution in [1.29, 1.82) is 0 Å². The van der Waals surface area contributed by atoms with E-state index < -0.39 is 0 Å². The van der Waals surface area contributed by atoms with Crippen LogP contribution in [0, 0.1) is 0 Å². The lowest BCUT2D eigenvalue weighted by Gasteiger charge is -2.39. The van der Waals surface area contributed by atoms with Gasteiger partial charge in [0.2, 0.25) is 0 Å². The fraction of sp³-hybridized carbons (Fsp3) is 0.875. The highest BCUT2D eigenvalue weighted by atomic mass is 16.8. The van der Waals surface area contributed by atoms with E-state index in [0.717, 1.165) is 13.1 Å². The molecule has 0 saturated carbocycles. The van der Waals surface area contributed by atoms with E-state index in [1.54, 1.807) is 0 Å². The summed E-state index contributed by atoms with van der Waals surface area (Å²) in [5.74, 6) is -0.0389. The minimum Gasteiger partial charge on any atom is -0.379 e. The first-order chi connectivity index (χ1) is 7.84. The topological polar surface area (TPSA) is 86.9 Å². The van der Waals surface area contributed by atoms with Gasteiger partial charge in [-0.15, -0.1) is 0 Å². The summed E-state index contributed by atoms with van der Waals surface area (Å²) in [7, 11) is 0. The standard InChI is InChI=1S/C8H15N5O3/c14-8-7(13-1-3-15-4-2-13)9-5-6(10-8)12-16-11-5/h5-7,9,11-12H,1-4H2,(H,10,14). The molecule has 3 fully saturated rings. The first-order valence-electron chi connectivity index (χ1n) is 5.40. The molecule has 3 aliphatic heterocycles. The minimum absolute atomic E-state index is 0.0389. The third-order valence-corrected chi connectivity index (χ3v) is 3.00. The predicted octanol–water partition coefficient (Wildman–Crippen LogP) is -2.94. The van der Waals surface area contributed by atoms with Crippen LogP contribution in [-0.2, 0) is 14.5 Å². The van der Waals surface area contributed by atoms with Gasteiger partial charge in [-0.3, -0.25) is 15.0 Å². The second-order valence-corrected chi connectivity index (χ2v) is 4.02. The number of fused-ring (bicyclic) bond motifs is 1. The molecule has 3 aliphatic rings. The summed E-state index contributed by atoms with van der Waals surface area (Å²) in [5, 5.41) is 6.04. The number of nitrogens with one attached hydrogen (secondary N) is 4. The summed E-state index contributed by atoms with van der Waals surface area (Å²) in [5.41, 5.74) is 5.42. The lowest BCUT2D eigenvalue weighted by molar-refractivity contribution is -0.134. The van der Waals surface area contributed by atoms with Crippen LogP contribution in [0.5, 0.6) is 0 Å². The number of rotatable bonds is 1. The molecule has 90 valence electrons. The average Bonchev–Trinajstić information content (AvgIpc) is 2.76. The van der Waals surface area contributed by atoms with E-state index in [2.05, 4.69) is 26.5 Å². The van der Waals surface area contributed by atoms with Crippen molar-refractivity contribution in [2.75, 3.05) is 26.3 Å². The number of nitrogens with zero attached hydrogens (tertiary/aromatic N) is 1. The first kappa shape index (κ1) is 10.4. The maximum atomic E-state index is 11.9. The second kappa shape index (κ2) is 4.24. The minimum atomic E-state index is -0.318. The number of hydrogen-bond acceptors (Lipinski definition) is 7. The highest BCUT2D eigenvalue weighted by Crippen LogP contribution is 2.09. The molecule has 3 heterocycles. The Kier molecular flexibility index (Phi) is 2.75. The van der Waals surface area contributed by atoms with Gasteiger partial charge in [0, 0.05) is 13.1 Å². The molecule has 8 nitrogen and oxygen atoms in total. The van der Waals surface area contributed by atoms with Crippen LogP contribution in [0.1, 0.15) is 0 Å². The molecule has 3 atom stereocenters. The van der Waals surface area contributed by atoms with Crippen molar-refractivity contribution in [2.24, 2.45) is 0 Å². The lowest BCUT2D eigenvalue weighted by atomic mass is 10.2. The number of hydroxylamine groups is 2. The summed E-state index contributed by atoms with van der Waals surface area (Å²) < 4.78 is 5.26. The lowest BCUT2D eigenvalue weighted by Crippen LogP contribution is -2.71. The Morgan fingerprint density at radius 3 is 2.75 bits per heavy atom. The fourth-order valence-electron chi connectivity index (χ4n) is 2.12. The van der Waals surface area contributed by atoms with E-state index in [4.69, 9.17) is 9.68 Å². The van der Waals surface area contributed by atoms with Gasteiger partial charge < -0.3 is 10.1 Å². The van der Waals surface area contributed by atoms with Gasteiger partial charge in [-0.05, 0) is 0 Å². The Labute approximate surface area is 92.5 Å². The molecular formula is C8H15N5O3. The van der Waals surface area contributed by atoms with Crippen molar-refractivity contribution < 1.29 is 14.5 Å². The smallest absolute Gasteiger partial charge is 0.253 e. The molecule has 0 aromatic carbocycles. The van der Waals surface area contributed by atoms with Gasteiger partial charge in [0.1, 0.15) is 18.5 Å². The Morgan fingerprint density at radius 2 is 1.94 bits per heavy atom. The monoisotopic (exact) mass is 229 g/mol. The van der Waals surface area contributed by atoms with E-state index in [9.17, 15) is 4.79 Å². The number of carbonyl (C=O) groups excluding carboxylic acids is 1. The zero-order chi connectivity index (χ0) is 11.0. The summed E-state index contributed by atoms with van der Waals surface area (Å²) in [4.78, 5) is 18.8. The molecule has 3 rings (SSSR count). The Bertz CT molecular complexity index is 283. The molecule has 16 heavy (non-hydrogen) atoms. The van der Waals surface area contributed by atoms with Crippen molar-refractivity contribution in [2.45, 2.75) is 18.5 Å². The molecule has 0 aromatic rings. The number of carbonyl (C=O) groups is 1. The highest BCUT2D eigenvalue weighted by molar-refractivity contribution is 5.82. The van der Waals surface area contributed by atoms with Gasteiger partial charge in [0.25, 0.3) is 5.91 Å². The van der Waals surface area contributed by atoms with Crippen molar-refractivity contribution in [3.8, 4) is 0 Å². The maximum Gasteiger partial charge on any atom is 0.253 e. The molecule has 8 heteroatoms. The third kappa shape index (κ3) is 1.79. The van der Waals surface area contributed by atoms with Gasteiger partial charge in [-0.2, -0.15) is 11.0 Å². The molecule has 3 saturated heterocycles. The van der Waals surface area contributed by atoms with Crippen LogP contribution in [-0.4, -0.2) is 55.6 Å². The summed E-state index contributed by atoms with van der Waals surface area (Å²) in [6, 6.07) is 0. The van der Waals surface area contributed by atoms with E-state index in [0.29, 0.717) is 13.2 Å². The van der Waals surface area contributed by atoms with Gasteiger partial charge in [-0.25, -0.2) is 4.94 Å². The molecule has 1 amide bonds. The summed E-state index contributed by atoms with van der Waals surface area (Å²) in [6.45, 7) is 2.86. The second-order valence-electron chi connectivity index (χ2n) is 4.02. The molecule has 0 spiro atoms. The summed E-state index contributed by atoms with van der Waals surface area (Å²) >= 11 is 0. The summed E-state index contributed by atoms with van der Waals surface area (Å²) in [6.07, 6.45) is -0.642. The average molecular weight is 229 g/mol. The molecule has 0 aliphatic carbocycles. The molecule has 0 bridgehead atoms. The number of piperazine rings is 1. The van der Waals surface area contributed by atoms with Gasteiger partial charge >= 0.3 is 0 Å². The van der Waals surface area contributed by atoms with Crippen LogP contribution in [0.4, 0.5) is 0 Å². The van der Waals surface area contributed by atoms with Gasteiger partial charge in [0.15, 0.2) is 0 Å². The molecule has 4 N–H and O–H groups in total. The largest absolute Gasteiger partial charge is 0.379 e. The normalized spacial score (nSPS) is 40.5. The van der Waals surface area contributed by atoms with Crippen LogP contribution in [0.15, 0.2) is 0 Å². The maximum absolute atomic E-state index is 11.9. The van der Waals surface area contributed by atoms with Crippen molar-refractivity contribution in [3.05, 3.63) is 0 Å². The van der Waals surface area contributed by atoms with Crippen LogP contribution in [0.3, 0.4) is 0 Å². The number of hydrogen-bond donors (Lipinski definition) is 4. The molecule has 0 aromatic heterocycles. The van der Waals surface area contributed by atoms with Crippen LogP contribution >= 0.6 is 0 Å². The van der Waals surface area contributed by atoms with Gasteiger partial charge in [0.05, 0.1) is 13.2 Å². The van der Waals surface area contributed by atoms with E-state index in [1.807, 2.05) is 0 Å². The van der Waals surface area contributed by atoms with Crippen molar-refractivity contribution in [3.63, 3.8) is 0 Å². The molecule has 0 radical (unpaired) electrons. The Balaban J connectivity index is 1.67. The number of amides is 1. The number of ether oxygens (including phenoxy) is 1. The molecular weight excluding hydrogens is 214 g/mol. The van der Waals surface area contributed by atoms with Crippen LogP contribution < -0.4 is 21.6 Å². The van der Waals surface area contributed by atoms with Crippen LogP contribution in [0.2, 0.25) is 0 Å². The van der Waals surface area contributed by atoms with Crippen molar-refractivity contribution >= 4 is 5.91 Å². The predicted molar refractivity (Wildman–Crippen MR) is 52.4 cm³/mol. The van der Waals surface area contributed by atoms with Gasteiger partial charge in [-0.1, -0.05) is 0 Å². The van der Waals surface area contributed by atoms with E-state index >= 15 is 0 Å². The quantitative estimate of drug-likeness (QED) is 0.382. The zero-order valence-corrected chi connectivity index (χ0v) is 8.73. The van der Waals surface area contributed by atoms with E-state index in [1.165, 1.54) is 0 Å². The molecule has 3 unspecified atom stereocenters. The first-order valence-corrected chi connectivity index (χ1v) is 5.40. The van der Waals surface area contributed by atoms with Crippen molar-refractivity contribution in [1.82, 2.24) is 26.5 Å². The Hall–Kier alpha value is -0.770. The zero-order valence-electron chi connectivity index (χ0n) is 8.73. The third-order valence-electron chi connectivity index (χ3n) is 3.00. The SMILES string of the molecule is O=C1NC2NONC2NC1N1CCOCC1. The highest BCUT2D eigenvalue weighted by Gasteiger charge is 2.41. The van der Waals surface area contributed by atoms with E-state index in [-0.39, 0.29) is 24.4 Å².